The summed E-state index contributed by atoms with van der Waals surface area (Å²) in [6, 6.07) is 3.47. The predicted octanol–water partition coefficient (Wildman–Crippen LogP) is 0.820. The molecule has 1 saturated heterocycles. The van der Waals surface area contributed by atoms with E-state index in [2.05, 4.69) is 25.7 Å². The van der Waals surface area contributed by atoms with Crippen molar-refractivity contribution in [1.82, 2.24) is 25.1 Å². The highest BCUT2D eigenvalue weighted by atomic mass is 16.5. The van der Waals surface area contributed by atoms with Crippen molar-refractivity contribution in [3.05, 3.63) is 35.4 Å². The van der Waals surface area contributed by atoms with Crippen LogP contribution >= 0.6 is 0 Å². The van der Waals surface area contributed by atoms with Crippen molar-refractivity contribution in [2.75, 3.05) is 19.0 Å². The van der Waals surface area contributed by atoms with Gasteiger partial charge in [0.15, 0.2) is 0 Å². The van der Waals surface area contributed by atoms with Crippen molar-refractivity contribution in [1.29, 1.82) is 0 Å². The van der Waals surface area contributed by atoms with E-state index in [0.29, 0.717) is 18.2 Å². The standard InChI is InChI=1S/C15H20N6O2/c1-9-8-11(20-15(16-2)18-9)14(22)19-10-5-7-23-13(10)12-4-6-17-21(12)3/h4,6,8,10,13H,5,7H2,1-3H3,(H,19,22)(H,16,18,20)/t10-,13-/m0/s1. The molecule has 3 heterocycles. The summed E-state index contributed by atoms with van der Waals surface area (Å²) in [5.41, 5.74) is 2.03. The summed E-state index contributed by atoms with van der Waals surface area (Å²) in [7, 11) is 3.59. The number of carbonyl (C=O) groups excluding carboxylic acids is 1. The lowest BCUT2D eigenvalue weighted by Crippen LogP contribution is -2.37. The van der Waals surface area contributed by atoms with E-state index < -0.39 is 0 Å². The third-order valence-corrected chi connectivity index (χ3v) is 3.87. The van der Waals surface area contributed by atoms with Gasteiger partial charge in [-0.1, -0.05) is 0 Å². The number of hydrogen-bond donors (Lipinski definition) is 2. The Morgan fingerprint density at radius 3 is 2.96 bits per heavy atom. The third-order valence-electron chi connectivity index (χ3n) is 3.87. The van der Waals surface area contributed by atoms with E-state index in [1.54, 1.807) is 24.0 Å². The predicted molar refractivity (Wildman–Crippen MR) is 84.1 cm³/mol. The Balaban J connectivity index is 1.77. The van der Waals surface area contributed by atoms with E-state index in [9.17, 15) is 4.79 Å². The van der Waals surface area contributed by atoms with Crippen LogP contribution in [0.3, 0.4) is 0 Å². The summed E-state index contributed by atoms with van der Waals surface area (Å²) >= 11 is 0. The fraction of sp³-hybridized carbons (Fsp3) is 0.467. The SMILES string of the molecule is CNc1nc(C)cc(C(=O)N[C@H]2CCO[C@@H]2c2ccnn2C)n1. The Morgan fingerprint density at radius 1 is 1.43 bits per heavy atom. The van der Waals surface area contributed by atoms with Crippen LogP contribution in [0.5, 0.6) is 0 Å². The number of nitrogens with one attached hydrogen (secondary N) is 2. The smallest absolute Gasteiger partial charge is 0.270 e. The topological polar surface area (TPSA) is 94.0 Å². The van der Waals surface area contributed by atoms with Gasteiger partial charge < -0.3 is 15.4 Å². The van der Waals surface area contributed by atoms with Gasteiger partial charge in [0, 0.05) is 32.6 Å². The van der Waals surface area contributed by atoms with Crippen LogP contribution in [0, 0.1) is 6.92 Å². The molecule has 0 radical (unpaired) electrons. The second-order valence-corrected chi connectivity index (χ2v) is 5.51. The van der Waals surface area contributed by atoms with Gasteiger partial charge in [-0.15, -0.1) is 0 Å². The van der Waals surface area contributed by atoms with E-state index in [0.717, 1.165) is 17.8 Å². The highest BCUT2D eigenvalue weighted by Gasteiger charge is 2.33. The molecule has 2 aromatic rings. The first-order valence-electron chi connectivity index (χ1n) is 7.52. The van der Waals surface area contributed by atoms with Crippen LogP contribution in [-0.4, -0.2) is 45.4 Å². The molecule has 1 amide bonds. The van der Waals surface area contributed by atoms with Crippen LogP contribution in [-0.2, 0) is 11.8 Å². The maximum atomic E-state index is 12.5. The summed E-state index contributed by atoms with van der Waals surface area (Å²) in [6.07, 6.45) is 2.28. The second kappa shape index (κ2) is 6.33. The Kier molecular flexibility index (Phi) is 4.24. The first kappa shape index (κ1) is 15.4. The van der Waals surface area contributed by atoms with Gasteiger partial charge in [0.25, 0.3) is 5.91 Å². The van der Waals surface area contributed by atoms with E-state index in [4.69, 9.17) is 4.74 Å². The summed E-state index contributed by atoms with van der Waals surface area (Å²) in [5, 5.41) is 10.0. The lowest BCUT2D eigenvalue weighted by atomic mass is 10.1. The van der Waals surface area contributed by atoms with Gasteiger partial charge in [-0.05, 0) is 25.5 Å². The molecule has 1 aliphatic rings. The van der Waals surface area contributed by atoms with Gasteiger partial charge in [0.05, 0.1) is 11.7 Å². The monoisotopic (exact) mass is 316 g/mol. The zero-order chi connectivity index (χ0) is 16.4. The van der Waals surface area contributed by atoms with Gasteiger partial charge >= 0.3 is 0 Å². The maximum Gasteiger partial charge on any atom is 0.270 e. The zero-order valence-electron chi connectivity index (χ0n) is 13.4. The molecule has 2 aromatic heterocycles. The highest BCUT2D eigenvalue weighted by Crippen LogP contribution is 2.28. The minimum atomic E-state index is -0.227. The summed E-state index contributed by atoms with van der Waals surface area (Å²) < 4.78 is 7.54. The molecule has 0 unspecified atom stereocenters. The molecule has 0 spiro atoms. The van der Waals surface area contributed by atoms with Gasteiger partial charge in [-0.3, -0.25) is 9.48 Å². The van der Waals surface area contributed by atoms with Crippen LogP contribution in [0.2, 0.25) is 0 Å². The molecular formula is C15H20N6O2. The quantitative estimate of drug-likeness (QED) is 0.867. The molecule has 0 aromatic carbocycles. The fourth-order valence-corrected chi connectivity index (χ4v) is 2.73. The number of aryl methyl sites for hydroxylation is 2. The van der Waals surface area contributed by atoms with Crippen LogP contribution in [0.4, 0.5) is 5.95 Å². The first-order valence-corrected chi connectivity index (χ1v) is 7.52. The summed E-state index contributed by atoms with van der Waals surface area (Å²) in [6.45, 7) is 2.43. The van der Waals surface area contributed by atoms with Crippen molar-refractivity contribution >= 4 is 11.9 Å². The lowest BCUT2D eigenvalue weighted by molar-refractivity contribution is 0.0789. The number of nitrogens with zero attached hydrogens (tertiary/aromatic N) is 4. The number of ether oxygens (including phenoxy) is 1. The number of aromatic nitrogens is 4. The van der Waals surface area contributed by atoms with Crippen LogP contribution in [0.15, 0.2) is 18.3 Å². The number of hydrogen-bond acceptors (Lipinski definition) is 6. The summed E-state index contributed by atoms with van der Waals surface area (Å²) in [5.74, 6) is 0.204. The Labute approximate surface area is 134 Å². The molecule has 3 rings (SSSR count). The Bertz CT molecular complexity index is 714. The van der Waals surface area contributed by atoms with Crippen LogP contribution in [0.25, 0.3) is 0 Å². The van der Waals surface area contributed by atoms with Crippen molar-refractivity contribution in [3.8, 4) is 0 Å². The molecule has 0 aliphatic carbocycles. The van der Waals surface area contributed by atoms with Crippen LogP contribution < -0.4 is 10.6 Å². The van der Waals surface area contributed by atoms with Crippen molar-refractivity contribution < 1.29 is 9.53 Å². The molecule has 1 aliphatic heterocycles. The normalized spacial score (nSPS) is 20.5. The van der Waals surface area contributed by atoms with E-state index in [1.807, 2.05) is 20.0 Å². The molecule has 8 heteroatoms. The molecule has 0 saturated carbocycles. The molecule has 122 valence electrons. The fourth-order valence-electron chi connectivity index (χ4n) is 2.73. The van der Waals surface area contributed by atoms with Gasteiger partial charge in [0.1, 0.15) is 11.8 Å². The number of rotatable bonds is 4. The van der Waals surface area contributed by atoms with Crippen molar-refractivity contribution in [2.24, 2.45) is 7.05 Å². The van der Waals surface area contributed by atoms with E-state index in [1.165, 1.54) is 0 Å². The molecular weight excluding hydrogens is 296 g/mol. The second-order valence-electron chi connectivity index (χ2n) is 5.51. The average molecular weight is 316 g/mol. The third kappa shape index (κ3) is 3.16. The Morgan fingerprint density at radius 2 is 2.26 bits per heavy atom. The highest BCUT2D eigenvalue weighted by molar-refractivity contribution is 5.92. The van der Waals surface area contributed by atoms with Gasteiger partial charge in [0.2, 0.25) is 5.95 Å². The number of carbonyl (C=O) groups is 1. The minimum Gasteiger partial charge on any atom is -0.370 e. The Hall–Kier alpha value is -2.48. The largest absolute Gasteiger partial charge is 0.370 e. The minimum absolute atomic E-state index is 0.105. The molecule has 0 bridgehead atoms. The number of amides is 1. The van der Waals surface area contributed by atoms with Gasteiger partial charge in [-0.2, -0.15) is 5.10 Å². The lowest BCUT2D eigenvalue weighted by Gasteiger charge is -2.20. The van der Waals surface area contributed by atoms with E-state index in [-0.39, 0.29) is 18.1 Å². The molecule has 23 heavy (non-hydrogen) atoms. The van der Waals surface area contributed by atoms with Crippen molar-refractivity contribution in [2.45, 2.75) is 25.5 Å². The molecule has 1 fully saturated rings. The first-order chi connectivity index (χ1) is 11.1. The molecule has 2 atom stereocenters. The van der Waals surface area contributed by atoms with Gasteiger partial charge in [-0.25, -0.2) is 9.97 Å². The van der Waals surface area contributed by atoms with E-state index >= 15 is 0 Å². The van der Waals surface area contributed by atoms with Crippen LogP contribution in [0.1, 0.15) is 34.4 Å². The maximum absolute atomic E-state index is 12.5. The zero-order valence-corrected chi connectivity index (χ0v) is 13.4. The van der Waals surface area contributed by atoms with Crippen molar-refractivity contribution in [3.63, 3.8) is 0 Å². The molecule has 2 N–H and O–H groups in total. The summed E-state index contributed by atoms with van der Waals surface area (Å²) in [4.78, 5) is 20.9. The number of anilines is 1. The average Bonchev–Trinajstić information content (AvgIpc) is 3.15. The molecule has 8 nitrogen and oxygen atoms in total.